The smallest absolute Gasteiger partial charge is 0.267 e. The Bertz CT molecular complexity index is 1120. The third kappa shape index (κ3) is 4.18. The van der Waals surface area contributed by atoms with Gasteiger partial charge >= 0.3 is 0 Å². The van der Waals surface area contributed by atoms with Crippen molar-refractivity contribution in [2.75, 3.05) is 25.2 Å². The molecule has 1 saturated heterocycles. The number of hydrogen-bond donors (Lipinski definition) is 1. The van der Waals surface area contributed by atoms with Gasteiger partial charge in [-0.2, -0.15) is 5.10 Å². The molecule has 1 aromatic heterocycles. The Kier molecular flexibility index (Phi) is 5.50. The highest BCUT2D eigenvalue weighted by atomic mass is 32.2. The maximum atomic E-state index is 12.5. The van der Waals surface area contributed by atoms with Crippen LogP contribution < -0.4 is 10.1 Å². The number of carbonyl (C=O) groups excluding carboxylic acids is 2. The lowest BCUT2D eigenvalue weighted by atomic mass is 10.1. The number of benzene rings is 1. The Morgan fingerprint density at radius 3 is 2.87 bits per heavy atom. The summed E-state index contributed by atoms with van der Waals surface area (Å²) >= 11 is 0. The zero-order valence-electron chi connectivity index (χ0n) is 16.7. The summed E-state index contributed by atoms with van der Waals surface area (Å²) in [7, 11) is -1.52. The van der Waals surface area contributed by atoms with E-state index in [1.807, 2.05) is 35.0 Å². The van der Waals surface area contributed by atoms with Crippen LogP contribution in [0.25, 0.3) is 10.9 Å². The number of nitrogens with one attached hydrogen (secondary N) is 1. The van der Waals surface area contributed by atoms with E-state index in [2.05, 4.69) is 10.4 Å². The first-order valence-corrected chi connectivity index (χ1v) is 11.7. The fraction of sp³-hybridized carbons (Fsp3) is 0.450. The lowest BCUT2D eigenvalue weighted by Gasteiger charge is -2.27. The molecule has 4 rings (SSSR count). The molecule has 2 aromatic rings. The highest BCUT2D eigenvalue weighted by Crippen LogP contribution is 2.23. The second kappa shape index (κ2) is 8.10. The van der Waals surface area contributed by atoms with Gasteiger partial charge in [-0.15, -0.1) is 0 Å². The third-order valence-corrected chi connectivity index (χ3v) is 7.24. The summed E-state index contributed by atoms with van der Waals surface area (Å²) in [5.74, 6) is 0.185. The minimum Gasteiger partial charge on any atom is -0.497 e. The van der Waals surface area contributed by atoms with Gasteiger partial charge in [0.1, 0.15) is 11.5 Å². The molecule has 1 N–H and O–H groups in total. The molecule has 30 heavy (non-hydrogen) atoms. The number of aromatic nitrogens is 1. The Morgan fingerprint density at radius 1 is 1.30 bits per heavy atom. The molecule has 10 heteroatoms. The molecular formula is C20H24N4O5S. The third-order valence-electron chi connectivity index (χ3n) is 5.49. The highest BCUT2D eigenvalue weighted by molar-refractivity contribution is 7.91. The SMILES string of the molecule is COc1ccc2c(ccn2CCNC(=O)C2=NN(C3CCS(=O)(=O)C3)C(=O)CC2)c1. The molecule has 1 fully saturated rings. The van der Waals surface area contributed by atoms with Gasteiger partial charge in [0.25, 0.3) is 5.91 Å². The summed E-state index contributed by atoms with van der Waals surface area (Å²) in [6.07, 6.45) is 2.73. The van der Waals surface area contributed by atoms with Crippen LogP contribution in [0.3, 0.4) is 0 Å². The van der Waals surface area contributed by atoms with E-state index in [1.54, 1.807) is 7.11 Å². The molecule has 2 aliphatic heterocycles. The molecule has 0 saturated carbocycles. The maximum Gasteiger partial charge on any atom is 0.267 e. The number of hydrogen-bond acceptors (Lipinski definition) is 6. The molecule has 1 aromatic carbocycles. The van der Waals surface area contributed by atoms with Gasteiger partial charge in [0.15, 0.2) is 9.84 Å². The summed E-state index contributed by atoms with van der Waals surface area (Å²) in [6, 6.07) is 7.33. The fourth-order valence-electron chi connectivity index (χ4n) is 3.88. The first-order chi connectivity index (χ1) is 14.4. The van der Waals surface area contributed by atoms with Crippen molar-refractivity contribution in [3.05, 3.63) is 30.5 Å². The van der Waals surface area contributed by atoms with Gasteiger partial charge in [0, 0.05) is 43.0 Å². The van der Waals surface area contributed by atoms with Crippen LogP contribution in [-0.2, 0) is 26.0 Å². The quantitative estimate of drug-likeness (QED) is 0.730. The van der Waals surface area contributed by atoms with E-state index in [4.69, 9.17) is 4.74 Å². The predicted molar refractivity (Wildman–Crippen MR) is 112 cm³/mol. The van der Waals surface area contributed by atoms with Crippen LogP contribution in [0.2, 0.25) is 0 Å². The molecule has 9 nitrogen and oxygen atoms in total. The van der Waals surface area contributed by atoms with Crippen molar-refractivity contribution in [2.45, 2.75) is 31.8 Å². The molecule has 2 aliphatic rings. The summed E-state index contributed by atoms with van der Waals surface area (Å²) in [5.41, 5.74) is 1.31. The number of rotatable bonds is 6. The van der Waals surface area contributed by atoms with Crippen molar-refractivity contribution in [3.63, 3.8) is 0 Å². The van der Waals surface area contributed by atoms with E-state index in [0.717, 1.165) is 16.7 Å². The number of ether oxygens (including phenoxy) is 1. The molecule has 0 aliphatic carbocycles. The van der Waals surface area contributed by atoms with Crippen molar-refractivity contribution in [1.82, 2.24) is 14.9 Å². The first-order valence-electron chi connectivity index (χ1n) is 9.87. The Balaban J connectivity index is 1.38. The van der Waals surface area contributed by atoms with Crippen molar-refractivity contribution in [2.24, 2.45) is 5.10 Å². The van der Waals surface area contributed by atoms with Gasteiger partial charge in [0.05, 0.1) is 24.7 Å². The van der Waals surface area contributed by atoms with Crippen molar-refractivity contribution < 1.29 is 22.7 Å². The van der Waals surface area contributed by atoms with Crippen LogP contribution in [0.1, 0.15) is 19.3 Å². The van der Waals surface area contributed by atoms with Gasteiger partial charge in [-0.3, -0.25) is 9.59 Å². The van der Waals surface area contributed by atoms with E-state index in [1.165, 1.54) is 5.01 Å². The number of nitrogens with zero attached hydrogens (tertiary/aromatic N) is 3. The van der Waals surface area contributed by atoms with Crippen LogP contribution in [0.5, 0.6) is 5.75 Å². The molecular weight excluding hydrogens is 408 g/mol. The highest BCUT2D eigenvalue weighted by Gasteiger charge is 2.37. The van der Waals surface area contributed by atoms with Gasteiger partial charge in [0.2, 0.25) is 5.91 Å². The average Bonchev–Trinajstić information content (AvgIpc) is 3.30. The monoisotopic (exact) mass is 432 g/mol. The average molecular weight is 433 g/mol. The normalized spacial score (nSPS) is 21.0. The van der Waals surface area contributed by atoms with Gasteiger partial charge in [-0.25, -0.2) is 13.4 Å². The largest absolute Gasteiger partial charge is 0.497 e. The van der Waals surface area contributed by atoms with E-state index < -0.39 is 15.9 Å². The predicted octanol–water partition coefficient (Wildman–Crippen LogP) is 0.932. The molecule has 2 amide bonds. The van der Waals surface area contributed by atoms with Gasteiger partial charge in [-0.05, 0) is 30.7 Å². The van der Waals surface area contributed by atoms with Gasteiger partial charge < -0.3 is 14.6 Å². The Morgan fingerprint density at radius 2 is 2.13 bits per heavy atom. The summed E-state index contributed by atoms with van der Waals surface area (Å²) in [4.78, 5) is 24.7. The minimum absolute atomic E-state index is 0.0508. The van der Waals surface area contributed by atoms with Crippen LogP contribution >= 0.6 is 0 Å². The summed E-state index contributed by atoms with van der Waals surface area (Å²) < 4.78 is 30.7. The first kappa shape index (κ1) is 20.4. The minimum atomic E-state index is -3.14. The molecule has 1 unspecified atom stereocenters. The number of fused-ring (bicyclic) bond motifs is 1. The fourth-order valence-corrected chi connectivity index (χ4v) is 5.57. The second-order valence-electron chi connectivity index (χ2n) is 7.53. The van der Waals surface area contributed by atoms with Crippen LogP contribution in [-0.4, -0.2) is 66.7 Å². The van der Waals surface area contributed by atoms with Crippen molar-refractivity contribution in [3.8, 4) is 5.75 Å². The zero-order valence-corrected chi connectivity index (χ0v) is 17.5. The van der Waals surface area contributed by atoms with Crippen molar-refractivity contribution in [1.29, 1.82) is 0 Å². The molecule has 0 radical (unpaired) electrons. The topological polar surface area (TPSA) is 110 Å². The molecule has 3 heterocycles. The number of amides is 2. The standard InChI is InChI=1S/C20H24N4O5S/c1-29-16-2-4-18-14(12-16)6-9-23(18)10-8-21-20(26)17-3-5-19(25)24(22-17)15-7-11-30(27,28)13-15/h2,4,6,9,12,15H,3,5,7-8,10-11,13H2,1H3,(H,21,26). The lowest BCUT2D eigenvalue weighted by molar-refractivity contribution is -0.133. The lowest BCUT2D eigenvalue weighted by Crippen LogP contribution is -2.44. The zero-order chi connectivity index (χ0) is 21.3. The molecule has 0 bridgehead atoms. The summed E-state index contributed by atoms with van der Waals surface area (Å²) in [5, 5.41) is 9.30. The van der Waals surface area contributed by atoms with Crippen molar-refractivity contribution >= 4 is 38.3 Å². The number of methoxy groups -OCH3 is 1. The van der Waals surface area contributed by atoms with E-state index in [0.29, 0.717) is 19.5 Å². The number of carbonyl (C=O) groups is 2. The molecule has 1 atom stereocenters. The number of hydrazone groups is 1. The van der Waals surface area contributed by atoms with Crippen LogP contribution in [0.15, 0.2) is 35.6 Å². The van der Waals surface area contributed by atoms with Crippen LogP contribution in [0, 0.1) is 0 Å². The number of sulfone groups is 1. The van der Waals surface area contributed by atoms with Gasteiger partial charge in [-0.1, -0.05) is 0 Å². The maximum absolute atomic E-state index is 12.5. The second-order valence-corrected chi connectivity index (χ2v) is 9.76. The Hall–Kier alpha value is -2.88. The van der Waals surface area contributed by atoms with E-state index in [9.17, 15) is 18.0 Å². The molecule has 0 spiro atoms. The molecule has 160 valence electrons. The Labute approximate surface area is 174 Å². The van der Waals surface area contributed by atoms with Crippen LogP contribution in [0.4, 0.5) is 0 Å². The summed E-state index contributed by atoms with van der Waals surface area (Å²) in [6.45, 7) is 0.984. The van der Waals surface area contributed by atoms with E-state index in [-0.39, 0.29) is 41.9 Å². The van der Waals surface area contributed by atoms with E-state index >= 15 is 0 Å².